The lowest BCUT2D eigenvalue weighted by atomic mass is 9.85. The SMILES string of the molecule is C=CCNC(=O)CN1CN(c2ccccc2)C2(CCN(C(=O)C=Cc3ccccc3)CC2)C1=O. The highest BCUT2D eigenvalue weighted by Crippen LogP contribution is 2.39. The van der Waals surface area contributed by atoms with E-state index < -0.39 is 5.54 Å². The van der Waals surface area contributed by atoms with Crippen LogP contribution >= 0.6 is 0 Å². The lowest BCUT2D eigenvalue weighted by Gasteiger charge is -2.43. The number of hydrogen-bond acceptors (Lipinski definition) is 4. The lowest BCUT2D eigenvalue weighted by molar-refractivity contribution is -0.138. The molecule has 0 aliphatic carbocycles. The molecule has 7 nitrogen and oxygen atoms in total. The zero-order chi connectivity index (χ0) is 24.0. The Bertz CT molecular complexity index is 1060. The second kappa shape index (κ2) is 10.4. The predicted octanol–water partition coefficient (Wildman–Crippen LogP) is 2.67. The van der Waals surface area contributed by atoms with Crippen molar-refractivity contribution >= 4 is 29.5 Å². The summed E-state index contributed by atoms with van der Waals surface area (Å²) in [5.41, 5.74) is 1.14. The van der Waals surface area contributed by atoms with Crippen molar-refractivity contribution in [3.05, 3.63) is 85.0 Å². The van der Waals surface area contributed by atoms with Gasteiger partial charge in [-0.2, -0.15) is 0 Å². The third-order valence-electron chi connectivity index (χ3n) is 6.48. The number of anilines is 1. The van der Waals surface area contributed by atoms with Gasteiger partial charge in [0.2, 0.25) is 11.8 Å². The van der Waals surface area contributed by atoms with Crippen molar-refractivity contribution in [1.29, 1.82) is 0 Å². The molecule has 3 amide bonds. The Hall–Kier alpha value is -3.87. The molecule has 2 aromatic rings. The summed E-state index contributed by atoms with van der Waals surface area (Å²) in [6.07, 6.45) is 6.04. The number of benzene rings is 2. The van der Waals surface area contributed by atoms with Crippen LogP contribution in [0, 0.1) is 0 Å². The summed E-state index contributed by atoms with van der Waals surface area (Å²) in [6.45, 7) is 5.26. The number of nitrogens with zero attached hydrogens (tertiary/aromatic N) is 3. The standard InChI is InChI=1S/C27H30N4O3/c1-2-17-28-24(32)20-30-21-31(23-11-7-4-8-12-23)27(26(30)34)15-18-29(19-16-27)25(33)14-13-22-9-5-3-6-10-22/h2-14H,1,15-21H2,(H,28,32). The van der Waals surface area contributed by atoms with Crippen molar-refractivity contribution in [3.8, 4) is 0 Å². The van der Waals surface area contributed by atoms with Crippen LogP contribution in [0.2, 0.25) is 0 Å². The molecule has 2 heterocycles. The number of likely N-dealkylation sites (tertiary alicyclic amines) is 1. The van der Waals surface area contributed by atoms with Crippen LogP contribution in [0.1, 0.15) is 18.4 Å². The number of piperidine rings is 1. The van der Waals surface area contributed by atoms with Crippen molar-refractivity contribution in [2.75, 3.05) is 37.7 Å². The van der Waals surface area contributed by atoms with Crippen LogP contribution in [0.15, 0.2) is 79.4 Å². The summed E-state index contributed by atoms with van der Waals surface area (Å²) in [6, 6.07) is 19.5. The summed E-state index contributed by atoms with van der Waals surface area (Å²) >= 11 is 0. The van der Waals surface area contributed by atoms with Crippen LogP contribution in [0.25, 0.3) is 6.08 Å². The van der Waals surface area contributed by atoms with Gasteiger partial charge in [-0.1, -0.05) is 54.6 Å². The van der Waals surface area contributed by atoms with Gasteiger partial charge >= 0.3 is 0 Å². The van der Waals surface area contributed by atoms with E-state index in [0.29, 0.717) is 39.1 Å². The Morgan fingerprint density at radius 1 is 1.00 bits per heavy atom. The third-order valence-corrected chi connectivity index (χ3v) is 6.48. The van der Waals surface area contributed by atoms with E-state index in [1.807, 2.05) is 66.7 Å². The first-order chi connectivity index (χ1) is 16.5. The highest BCUT2D eigenvalue weighted by Gasteiger charge is 2.54. The molecule has 0 bridgehead atoms. The fourth-order valence-electron chi connectivity index (χ4n) is 4.67. The lowest BCUT2D eigenvalue weighted by Crippen LogP contribution is -2.57. The predicted molar refractivity (Wildman–Crippen MR) is 133 cm³/mol. The fraction of sp³-hybridized carbons (Fsp3) is 0.296. The van der Waals surface area contributed by atoms with Crippen molar-refractivity contribution in [3.63, 3.8) is 0 Å². The molecule has 2 fully saturated rings. The average Bonchev–Trinajstić information content (AvgIpc) is 3.13. The first-order valence-electron chi connectivity index (χ1n) is 11.6. The van der Waals surface area contributed by atoms with E-state index >= 15 is 0 Å². The van der Waals surface area contributed by atoms with E-state index in [2.05, 4.69) is 16.8 Å². The van der Waals surface area contributed by atoms with E-state index in [1.165, 1.54) is 0 Å². The van der Waals surface area contributed by atoms with Crippen molar-refractivity contribution in [2.24, 2.45) is 0 Å². The molecule has 0 unspecified atom stereocenters. The fourth-order valence-corrected chi connectivity index (χ4v) is 4.67. The van der Waals surface area contributed by atoms with Gasteiger partial charge < -0.3 is 20.0 Å². The molecule has 0 radical (unpaired) electrons. The Kier molecular flexibility index (Phi) is 7.11. The van der Waals surface area contributed by atoms with Gasteiger partial charge in [-0.25, -0.2) is 0 Å². The molecular formula is C27H30N4O3. The molecule has 0 atom stereocenters. The van der Waals surface area contributed by atoms with Gasteiger partial charge in [0, 0.05) is 31.4 Å². The molecule has 176 valence electrons. The van der Waals surface area contributed by atoms with E-state index in [4.69, 9.17) is 0 Å². The Labute approximate surface area is 200 Å². The molecule has 1 N–H and O–H groups in total. The van der Waals surface area contributed by atoms with Gasteiger partial charge in [-0.05, 0) is 36.6 Å². The molecule has 0 aromatic heterocycles. The normalized spacial score (nSPS) is 17.4. The van der Waals surface area contributed by atoms with E-state index in [9.17, 15) is 14.4 Å². The molecule has 2 aromatic carbocycles. The molecule has 2 aliphatic rings. The highest BCUT2D eigenvalue weighted by atomic mass is 16.2. The maximum absolute atomic E-state index is 13.6. The van der Waals surface area contributed by atoms with Crippen LogP contribution in [0.3, 0.4) is 0 Å². The van der Waals surface area contributed by atoms with Crippen LogP contribution in [0.4, 0.5) is 5.69 Å². The quantitative estimate of drug-likeness (QED) is 0.512. The molecule has 0 saturated carbocycles. The van der Waals surface area contributed by atoms with E-state index in [0.717, 1.165) is 11.3 Å². The van der Waals surface area contributed by atoms with Gasteiger partial charge in [0.05, 0.1) is 6.67 Å². The van der Waals surface area contributed by atoms with Gasteiger partial charge in [0.1, 0.15) is 12.1 Å². The topological polar surface area (TPSA) is 73.0 Å². The Morgan fingerprint density at radius 3 is 2.29 bits per heavy atom. The number of carbonyl (C=O) groups excluding carboxylic acids is 3. The van der Waals surface area contributed by atoms with Crippen LogP contribution < -0.4 is 10.2 Å². The van der Waals surface area contributed by atoms with Crippen molar-refractivity contribution < 1.29 is 14.4 Å². The third kappa shape index (κ3) is 4.88. The zero-order valence-electron chi connectivity index (χ0n) is 19.2. The summed E-state index contributed by atoms with van der Waals surface area (Å²) in [7, 11) is 0. The Morgan fingerprint density at radius 2 is 1.65 bits per heavy atom. The van der Waals surface area contributed by atoms with Gasteiger partial charge in [-0.15, -0.1) is 6.58 Å². The van der Waals surface area contributed by atoms with Gasteiger partial charge in [-0.3, -0.25) is 14.4 Å². The maximum Gasteiger partial charge on any atom is 0.250 e. The highest BCUT2D eigenvalue weighted by molar-refractivity contribution is 5.97. The summed E-state index contributed by atoms with van der Waals surface area (Å²) in [5.74, 6) is -0.329. The van der Waals surface area contributed by atoms with Crippen LogP contribution in [0.5, 0.6) is 0 Å². The van der Waals surface area contributed by atoms with Crippen molar-refractivity contribution in [1.82, 2.24) is 15.1 Å². The number of para-hydroxylation sites is 1. The first kappa shape index (κ1) is 23.3. The van der Waals surface area contributed by atoms with Gasteiger partial charge in [0.25, 0.3) is 5.91 Å². The minimum Gasteiger partial charge on any atom is -0.351 e. The monoisotopic (exact) mass is 458 g/mol. The molecule has 1 spiro atoms. The largest absolute Gasteiger partial charge is 0.351 e. The maximum atomic E-state index is 13.6. The molecule has 2 saturated heterocycles. The second-order valence-electron chi connectivity index (χ2n) is 8.60. The first-order valence-corrected chi connectivity index (χ1v) is 11.6. The molecule has 2 aliphatic heterocycles. The average molecular weight is 459 g/mol. The second-order valence-corrected chi connectivity index (χ2v) is 8.60. The molecule has 34 heavy (non-hydrogen) atoms. The number of rotatable bonds is 7. The summed E-state index contributed by atoms with van der Waals surface area (Å²) in [5, 5.41) is 2.75. The number of amides is 3. The minimum atomic E-state index is -0.764. The van der Waals surface area contributed by atoms with Crippen LogP contribution in [-0.2, 0) is 14.4 Å². The molecule has 7 heteroatoms. The van der Waals surface area contributed by atoms with E-state index in [1.54, 1.807) is 22.0 Å². The number of hydrogen-bond donors (Lipinski definition) is 1. The summed E-state index contributed by atoms with van der Waals surface area (Å²) < 4.78 is 0. The van der Waals surface area contributed by atoms with Gasteiger partial charge in [0.15, 0.2) is 0 Å². The Balaban J connectivity index is 1.49. The molecular weight excluding hydrogens is 428 g/mol. The molecule has 4 rings (SSSR count). The number of carbonyl (C=O) groups is 3. The van der Waals surface area contributed by atoms with Crippen molar-refractivity contribution in [2.45, 2.75) is 18.4 Å². The minimum absolute atomic E-state index is 0.000213. The smallest absolute Gasteiger partial charge is 0.250 e. The number of nitrogens with one attached hydrogen (secondary N) is 1. The summed E-state index contributed by atoms with van der Waals surface area (Å²) in [4.78, 5) is 44.2. The zero-order valence-corrected chi connectivity index (χ0v) is 19.2. The van der Waals surface area contributed by atoms with Crippen LogP contribution in [-0.4, -0.2) is 65.9 Å². The van der Waals surface area contributed by atoms with E-state index in [-0.39, 0.29) is 24.3 Å².